The third kappa shape index (κ3) is 7.03. The number of carbonyl (C=O) groups is 1. The van der Waals surface area contributed by atoms with Gasteiger partial charge in [0.15, 0.2) is 0 Å². The van der Waals surface area contributed by atoms with Crippen LogP contribution in [0.4, 0.5) is 10.5 Å². The largest absolute Gasteiger partial charge is 0.447 e. The minimum absolute atomic E-state index is 0.0835. The van der Waals surface area contributed by atoms with Gasteiger partial charge in [0.05, 0.1) is 11.0 Å². The van der Waals surface area contributed by atoms with E-state index in [0.29, 0.717) is 25.4 Å². The molecule has 12 heteroatoms. The summed E-state index contributed by atoms with van der Waals surface area (Å²) in [4.78, 5) is 12.2. The fourth-order valence-corrected chi connectivity index (χ4v) is 4.76. The van der Waals surface area contributed by atoms with Crippen molar-refractivity contribution in [1.29, 1.82) is 0 Å². The van der Waals surface area contributed by atoms with E-state index in [0.717, 1.165) is 12.8 Å². The maximum atomic E-state index is 12.7. The lowest BCUT2D eigenvalue weighted by Crippen LogP contribution is -2.49. The first kappa shape index (κ1) is 25.3. The number of ether oxygens (including phenoxy) is 2. The summed E-state index contributed by atoms with van der Waals surface area (Å²) in [5.41, 5.74) is 0.346. The van der Waals surface area contributed by atoms with Crippen LogP contribution in [0.5, 0.6) is 0 Å². The molecule has 0 aromatic heterocycles. The summed E-state index contributed by atoms with van der Waals surface area (Å²) in [6.07, 6.45) is -0.377. The molecule has 0 saturated carbocycles. The number of amides is 1. The summed E-state index contributed by atoms with van der Waals surface area (Å²) in [6.45, 7) is 4.93. The number of hydrogen-bond donors (Lipinski definition) is 2. The number of rotatable bonds is 9. The first-order valence-corrected chi connectivity index (χ1v) is 12.1. The predicted molar refractivity (Wildman–Crippen MR) is 118 cm³/mol. The van der Waals surface area contributed by atoms with E-state index in [1.807, 2.05) is 0 Å². The number of benzene rings is 1. The standard InChI is InChI=1S/C18H26Cl3N3O5S/c1-3-24(4-2)30(26,27)15-9-5-7-13(11-15)22-16(18(19,20)21)23-17(25)29-12-14-8-6-10-28-14/h5,7,9,11,14,16,22H,3-4,6,8,10,12H2,1-2H3,(H,23,25)/t14-,16-/m1/s1. The van der Waals surface area contributed by atoms with Crippen LogP contribution in [0.3, 0.4) is 0 Å². The zero-order valence-corrected chi connectivity index (χ0v) is 19.8. The highest BCUT2D eigenvalue weighted by atomic mass is 35.6. The van der Waals surface area contributed by atoms with E-state index in [1.54, 1.807) is 26.0 Å². The van der Waals surface area contributed by atoms with Crippen molar-refractivity contribution < 1.29 is 22.7 Å². The van der Waals surface area contributed by atoms with E-state index in [4.69, 9.17) is 44.3 Å². The Labute approximate surface area is 192 Å². The zero-order valence-electron chi connectivity index (χ0n) is 16.7. The quantitative estimate of drug-likeness (QED) is 0.394. The Morgan fingerprint density at radius 1 is 1.33 bits per heavy atom. The number of carbonyl (C=O) groups excluding carboxylic acids is 1. The Hall–Kier alpha value is -0.970. The van der Waals surface area contributed by atoms with Crippen LogP contribution >= 0.6 is 34.8 Å². The maximum absolute atomic E-state index is 12.7. The van der Waals surface area contributed by atoms with Crippen LogP contribution in [0.1, 0.15) is 26.7 Å². The molecule has 2 atom stereocenters. The Morgan fingerprint density at radius 2 is 2.03 bits per heavy atom. The Morgan fingerprint density at radius 3 is 2.60 bits per heavy atom. The van der Waals surface area contributed by atoms with Crippen LogP contribution in [0.15, 0.2) is 29.2 Å². The van der Waals surface area contributed by atoms with Crippen molar-refractivity contribution in [2.24, 2.45) is 0 Å². The number of hydrogen-bond acceptors (Lipinski definition) is 6. The van der Waals surface area contributed by atoms with Gasteiger partial charge < -0.3 is 14.8 Å². The molecular weight excluding hydrogens is 477 g/mol. The van der Waals surface area contributed by atoms with Crippen molar-refractivity contribution in [3.8, 4) is 0 Å². The van der Waals surface area contributed by atoms with E-state index in [1.165, 1.54) is 16.4 Å². The summed E-state index contributed by atoms with van der Waals surface area (Å²) in [7, 11) is -3.67. The molecule has 1 amide bonds. The van der Waals surface area contributed by atoms with Gasteiger partial charge in [-0.1, -0.05) is 54.7 Å². The third-order valence-corrected chi connectivity index (χ3v) is 7.20. The lowest BCUT2D eigenvalue weighted by Gasteiger charge is -2.27. The van der Waals surface area contributed by atoms with Crippen molar-refractivity contribution >= 4 is 56.6 Å². The van der Waals surface area contributed by atoms with E-state index < -0.39 is 26.1 Å². The number of sulfonamides is 1. The highest BCUT2D eigenvalue weighted by Crippen LogP contribution is 2.31. The molecule has 0 radical (unpaired) electrons. The lowest BCUT2D eigenvalue weighted by atomic mass is 10.2. The molecule has 2 rings (SSSR count). The van der Waals surface area contributed by atoms with Crippen molar-refractivity contribution in [2.45, 2.75) is 47.6 Å². The van der Waals surface area contributed by atoms with Gasteiger partial charge in [-0.2, -0.15) is 4.31 Å². The van der Waals surface area contributed by atoms with Gasteiger partial charge in [-0.15, -0.1) is 0 Å². The molecule has 0 bridgehead atoms. The Bertz CT molecular complexity index is 810. The van der Waals surface area contributed by atoms with Crippen molar-refractivity contribution in [2.75, 3.05) is 31.6 Å². The van der Waals surface area contributed by atoms with Crippen LogP contribution in [0.2, 0.25) is 0 Å². The average Bonchev–Trinajstić information content (AvgIpc) is 3.20. The van der Waals surface area contributed by atoms with Crippen LogP contribution in [0.25, 0.3) is 0 Å². The monoisotopic (exact) mass is 501 g/mol. The second-order valence-corrected chi connectivity index (χ2v) is 10.9. The number of nitrogens with one attached hydrogen (secondary N) is 2. The van der Waals surface area contributed by atoms with Crippen molar-refractivity contribution in [3.05, 3.63) is 24.3 Å². The number of alkyl halides is 3. The number of anilines is 1. The van der Waals surface area contributed by atoms with Gasteiger partial charge in [0.2, 0.25) is 13.8 Å². The summed E-state index contributed by atoms with van der Waals surface area (Å²) >= 11 is 18.0. The van der Waals surface area contributed by atoms with E-state index >= 15 is 0 Å². The van der Waals surface area contributed by atoms with Gasteiger partial charge in [0.25, 0.3) is 0 Å². The first-order chi connectivity index (χ1) is 14.1. The molecule has 0 aliphatic carbocycles. The normalized spacial score (nSPS) is 18.3. The number of halogens is 3. The minimum atomic E-state index is -3.67. The highest BCUT2D eigenvalue weighted by molar-refractivity contribution is 7.89. The molecule has 30 heavy (non-hydrogen) atoms. The van der Waals surface area contributed by atoms with Gasteiger partial charge >= 0.3 is 6.09 Å². The number of alkyl carbamates (subject to hydrolysis) is 1. The molecule has 1 fully saturated rings. The van der Waals surface area contributed by atoms with Crippen LogP contribution in [-0.4, -0.2) is 61.2 Å². The fourth-order valence-electron chi connectivity index (χ4n) is 2.93. The molecule has 1 aliphatic rings. The molecule has 1 heterocycles. The second-order valence-electron chi connectivity index (χ2n) is 6.61. The minimum Gasteiger partial charge on any atom is -0.447 e. The molecule has 1 aromatic carbocycles. The summed E-state index contributed by atoms with van der Waals surface area (Å²) in [6, 6.07) is 6.05. The molecule has 170 valence electrons. The van der Waals surface area contributed by atoms with Gasteiger partial charge in [-0.05, 0) is 31.0 Å². The molecule has 1 aliphatic heterocycles. The third-order valence-electron chi connectivity index (χ3n) is 4.50. The molecule has 8 nitrogen and oxygen atoms in total. The summed E-state index contributed by atoms with van der Waals surface area (Å²) in [5, 5.41) is 5.29. The van der Waals surface area contributed by atoms with Crippen molar-refractivity contribution in [1.82, 2.24) is 9.62 Å². The topological polar surface area (TPSA) is 97.0 Å². The fraction of sp³-hybridized carbons (Fsp3) is 0.611. The van der Waals surface area contributed by atoms with E-state index in [9.17, 15) is 13.2 Å². The first-order valence-electron chi connectivity index (χ1n) is 9.56. The molecule has 0 spiro atoms. The van der Waals surface area contributed by atoms with E-state index in [-0.39, 0.29) is 17.6 Å². The molecular formula is C18H26Cl3N3O5S. The average molecular weight is 503 g/mol. The Kier molecular flexibility index (Phi) is 9.32. The zero-order chi connectivity index (χ0) is 22.4. The van der Waals surface area contributed by atoms with Gasteiger partial charge in [-0.3, -0.25) is 5.32 Å². The van der Waals surface area contributed by atoms with Crippen LogP contribution < -0.4 is 10.6 Å². The summed E-state index contributed by atoms with van der Waals surface area (Å²) < 4.78 is 35.4. The molecule has 2 N–H and O–H groups in total. The van der Waals surface area contributed by atoms with Gasteiger partial charge in [0.1, 0.15) is 12.8 Å². The lowest BCUT2D eigenvalue weighted by molar-refractivity contribution is 0.0432. The molecule has 0 unspecified atom stereocenters. The smallest absolute Gasteiger partial charge is 0.408 e. The van der Waals surface area contributed by atoms with E-state index in [2.05, 4.69) is 10.6 Å². The Balaban J connectivity index is 2.10. The number of nitrogens with zero attached hydrogens (tertiary/aromatic N) is 1. The van der Waals surface area contributed by atoms with Crippen LogP contribution in [0, 0.1) is 0 Å². The van der Waals surface area contributed by atoms with Crippen molar-refractivity contribution in [3.63, 3.8) is 0 Å². The highest BCUT2D eigenvalue weighted by Gasteiger charge is 2.35. The SMILES string of the molecule is CCN(CC)S(=O)(=O)c1cccc(N[C@H](NC(=O)OC[C@H]2CCCO2)C(Cl)(Cl)Cl)c1. The van der Waals surface area contributed by atoms with Crippen LogP contribution in [-0.2, 0) is 19.5 Å². The second kappa shape index (κ2) is 11.1. The summed E-state index contributed by atoms with van der Waals surface area (Å²) in [5.74, 6) is 0. The molecule has 1 saturated heterocycles. The maximum Gasteiger partial charge on any atom is 0.408 e. The molecule has 1 aromatic rings. The van der Waals surface area contributed by atoms with Gasteiger partial charge in [-0.25, -0.2) is 13.2 Å². The van der Waals surface area contributed by atoms with Gasteiger partial charge in [0, 0.05) is 25.4 Å². The predicted octanol–water partition coefficient (Wildman–Crippen LogP) is 3.73.